The molecule has 0 unspecified atom stereocenters. The molecule has 23 heavy (non-hydrogen) atoms. The Labute approximate surface area is 149 Å². The maximum atomic E-state index is 11.9. The van der Waals surface area contributed by atoms with E-state index >= 15 is 0 Å². The van der Waals surface area contributed by atoms with Gasteiger partial charge in [-0.1, -0.05) is 15.9 Å². The number of nitrogens with zero attached hydrogens (tertiary/aromatic N) is 2. The third kappa shape index (κ3) is 4.85. The molecule has 7 nitrogen and oxygen atoms in total. The van der Waals surface area contributed by atoms with Crippen molar-refractivity contribution in [1.29, 1.82) is 0 Å². The van der Waals surface area contributed by atoms with E-state index in [0.717, 1.165) is 11.5 Å². The van der Waals surface area contributed by atoms with E-state index in [-0.39, 0.29) is 15.5 Å². The van der Waals surface area contributed by atoms with Crippen molar-refractivity contribution in [3.05, 3.63) is 32.3 Å². The number of halogens is 1. The fourth-order valence-electron chi connectivity index (χ4n) is 2.01. The van der Waals surface area contributed by atoms with Crippen molar-refractivity contribution in [2.75, 3.05) is 11.5 Å². The zero-order chi connectivity index (χ0) is 17.0. The lowest BCUT2D eigenvalue weighted by atomic mass is 10.2. The minimum atomic E-state index is -0.689. The van der Waals surface area contributed by atoms with Crippen molar-refractivity contribution in [1.82, 2.24) is 5.43 Å². The molecule has 0 aromatic heterocycles. The van der Waals surface area contributed by atoms with Crippen LogP contribution in [0.2, 0.25) is 0 Å². The molecule has 0 saturated carbocycles. The number of rotatable bonds is 5. The van der Waals surface area contributed by atoms with Gasteiger partial charge >= 0.3 is 5.69 Å². The number of carbonyl (C=O) groups excluding carboxylic acids is 1. The number of nitro groups is 1. The van der Waals surface area contributed by atoms with Crippen LogP contribution in [0.4, 0.5) is 5.69 Å². The molecule has 1 aromatic rings. The highest BCUT2D eigenvalue weighted by molar-refractivity contribution is 9.10. The number of nitro benzene ring substituents is 1. The molecule has 1 aliphatic heterocycles. The second-order valence-electron chi connectivity index (χ2n) is 4.92. The summed E-state index contributed by atoms with van der Waals surface area (Å²) in [7, 11) is 0. The van der Waals surface area contributed by atoms with Gasteiger partial charge in [0, 0.05) is 27.6 Å². The van der Waals surface area contributed by atoms with Crippen LogP contribution >= 0.6 is 39.5 Å². The van der Waals surface area contributed by atoms with E-state index in [4.69, 9.17) is 0 Å². The second-order valence-corrected chi connectivity index (χ2v) is 9.29. The maximum absolute atomic E-state index is 11.9. The molecule has 0 aliphatic carbocycles. The molecule has 1 fully saturated rings. The lowest BCUT2D eigenvalue weighted by Gasteiger charge is -2.19. The zero-order valence-electron chi connectivity index (χ0n) is 12.1. The van der Waals surface area contributed by atoms with Gasteiger partial charge < -0.3 is 5.11 Å². The van der Waals surface area contributed by atoms with Gasteiger partial charge in [0.2, 0.25) is 11.7 Å². The molecule has 1 heterocycles. The van der Waals surface area contributed by atoms with Gasteiger partial charge in [0.05, 0.1) is 21.6 Å². The summed E-state index contributed by atoms with van der Waals surface area (Å²) in [6, 6.07) is 2.67. The standard InChI is InChI=1S/C13H14BrN3O4S2/c1-13(22-2-3-23-13)6-11(18)16-15-7-8-4-9(14)5-10(12(8)19)17(20)21/h4-5,7,19H,2-3,6H2,1H3,(H,16,18)/b15-7-. The fraction of sp³-hybridized carbons (Fsp3) is 0.385. The Hall–Kier alpha value is -1.26. The van der Waals surface area contributed by atoms with Crippen LogP contribution in [0.15, 0.2) is 21.7 Å². The van der Waals surface area contributed by atoms with Gasteiger partial charge in [-0.25, -0.2) is 5.43 Å². The molecular formula is C13H14BrN3O4S2. The Morgan fingerprint density at radius 2 is 2.22 bits per heavy atom. The SMILES string of the molecule is CC1(CC(=O)N/N=C\c2cc(Br)cc([N+](=O)[O-])c2O)SCCS1. The molecule has 0 radical (unpaired) electrons. The summed E-state index contributed by atoms with van der Waals surface area (Å²) in [5.74, 6) is 1.31. The van der Waals surface area contributed by atoms with Crippen molar-refractivity contribution in [2.24, 2.45) is 5.10 Å². The topological polar surface area (TPSA) is 105 Å². The molecule has 2 N–H and O–H groups in total. The van der Waals surface area contributed by atoms with E-state index < -0.39 is 16.4 Å². The highest BCUT2D eigenvalue weighted by Gasteiger charge is 2.32. The second kappa shape index (κ2) is 7.54. The summed E-state index contributed by atoms with van der Waals surface area (Å²) in [6.07, 6.45) is 1.51. The first-order chi connectivity index (χ1) is 10.8. The van der Waals surface area contributed by atoms with Crippen LogP contribution in [-0.2, 0) is 4.79 Å². The van der Waals surface area contributed by atoms with Crippen molar-refractivity contribution >= 4 is 57.3 Å². The summed E-state index contributed by atoms with van der Waals surface area (Å²) in [5, 5.41) is 24.5. The Balaban J connectivity index is 2.03. The van der Waals surface area contributed by atoms with Gasteiger partial charge in [-0.15, -0.1) is 23.5 Å². The highest BCUT2D eigenvalue weighted by Crippen LogP contribution is 2.45. The first-order valence-electron chi connectivity index (χ1n) is 6.57. The summed E-state index contributed by atoms with van der Waals surface area (Å²) in [4.78, 5) is 22.0. The normalized spacial score (nSPS) is 16.6. The molecular weight excluding hydrogens is 406 g/mol. The number of nitrogens with one attached hydrogen (secondary N) is 1. The zero-order valence-corrected chi connectivity index (χ0v) is 15.3. The summed E-state index contributed by atoms with van der Waals surface area (Å²) < 4.78 is 0.289. The molecule has 124 valence electrons. The molecule has 2 rings (SSSR count). The van der Waals surface area contributed by atoms with E-state index in [1.165, 1.54) is 18.3 Å². The van der Waals surface area contributed by atoms with Crippen LogP contribution < -0.4 is 5.43 Å². The number of thioether (sulfide) groups is 2. The van der Waals surface area contributed by atoms with Crippen LogP contribution in [0.3, 0.4) is 0 Å². The van der Waals surface area contributed by atoms with Crippen LogP contribution in [0.1, 0.15) is 18.9 Å². The van der Waals surface area contributed by atoms with E-state index in [9.17, 15) is 20.0 Å². The number of hydrogen-bond donors (Lipinski definition) is 2. The lowest BCUT2D eigenvalue weighted by Crippen LogP contribution is -2.26. The van der Waals surface area contributed by atoms with E-state index in [2.05, 4.69) is 26.5 Å². The van der Waals surface area contributed by atoms with Crippen molar-refractivity contribution in [3.8, 4) is 5.75 Å². The van der Waals surface area contributed by atoms with Crippen LogP contribution in [0.5, 0.6) is 5.75 Å². The van der Waals surface area contributed by atoms with E-state index in [1.807, 2.05) is 6.92 Å². The van der Waals surface area contributed by atoms with Gasteiger partial charge in [-0.05, 0) is 13.0 Å². The molecule has 10 heteroatoms. The number of aromatic hydroxyl groups is 1. The lowest BCUT2D eigenvalue weighted by molar-refractivity contribution is -0.385. The minimum absolute atomic E-state index is 0.141. The predicted octanol–water partition coefficient (Wildman–Crippen LogP) is 3.10. The maximum Gasteiger partial charge on any atom is 0.312 e. The van der Waals surface area contributed by atoms with Gasteiger partial charge in [0.25, 0.3) is 0 Å². The average Bonchev–Trinajstić information content (AvgIpc) is 2.88. The number of phenolic OH excluding ortho intramolecular Hbond substituents is 1. The third-order valence-corrected chi connectivity index (χ3v) is 6.80. The monoisotopic (exact) mass is 419 g/mol. The van der Waals surface area contributed by atoms with E-state index in [1.54, 1.807) is 23.5 Å². The number of hydrogen-bond acceptors (Lipinski definition) is 7. The highest BCUT2D eigenvalue weighted by atomic mass is 79.9. The number of carbonyl (C=O) groups is 1. The largest absolute Gasteiger partial charge is 0.502 e. The molecule has 1 aliphatic rings. The number of amides is 1. The molecule has 1 amide bonds. The quantitative estimate of drug-likeness (QED) is 0.431. The first kappa shape index (κ1) is 18.1. The predicted molar refractivity (Wildman–Crippen MR) is 96.1 cm³/mol. The Bertz CT molecular complexity index is 663. The smallest absolute Gasteiger partial charge is 0.312 e. The summed E-state index contributed by atoms with van der Waals surface area (Å²) in [5.41, 5.74) is 2.10. The molecule has 0 spiro atoms. The fourth-order valence-corrected chi connectivity index (χ4v) is 5.30. The molecule has 1 saturated heterocycles. The van der Waals surface area contributed by atoms with Gasteiger partial charge in [0.1, 0.15) is 0 Å². The van der Waals surface area contributed by atoms with E-state index in [0.29, 0.717) is 10.9 Å². The van der Waals surface area contributed by atoms with Crippen LogP contribution in [0.25, 0.3) is 0 Å². The minimum Gasteiger partial charge on any atom is -0.502 e. The van der Waals surface area contributed by atoms with Crippen LogP contribution in [-0.4, -0.2) is 37.7 Å². The Morgan fingerprint density at radius 3 is 2.83 bits per heavy atom. The Morgan fingerprint density at radius 1 is 1.57 bits per heavy atom. The van der Waals surface area contributed by atoms with Crippen molar-refractivity contribution in [2.45, 2.75) is 17.4 Å². The Kier molecular flexibility index (Phi) is 5.93. The average molecular weight is 420 g/mol. The summed E-state index contributed by atoms with van der Waals surface area (Å²) in [6.45, 7) is 2.02. The molecule has 1 aromatic carbocycles. The third-order valence-electron chi connectivity index (χ3n) is 3.05. The number of hydrazone groups is 1. The van der Waals surface area contributed by atoms with Gasteiger partial charge in [0.15, 0.2) is 0 Å². The first-order valence-corrected chi connectivity index (χ1v) is 9.34. The molecule has 0 atom stereocenters. The van der Waals surface area contributed by atoms with Gasteiger partial charge in [-0.2, -0.15) is 5.10 Å². The van der Waals surface area contributed by atoms with Crippen molar-refractivity contribution < 1.29 is 14.8 Å². The number of benzene rings is 1. The number of phenols is 1. The van der Waals surface area contributed by atoms with Crippen molar-refractivity contribution in [3.63, 3.8) is 0 Å². The van der Waals surface area contributed by atoms with Gasteiger partial charge in [-0.3, -0.25) is 14.9 Å². The van der Waals surface area contributed by atoms with Crippen LogP contribution in [0, 0.1) is 10.1 Å². The summed E-state index contributed by atoms with van der Waals surface area (Å²) >= 11 is 6.61. The molecule has 0 bridgehead atoms.